The summed E-state index contributed by atoms with van der Waals surface area (Å²) in [5.41, 5.74) is 2.43. The van der Waals surface area contributed by atoms with Gasteiger partial charge in [-0.2, -0.15) is 5.10 Å². The standard InChI is InChI=1S/C18H27N7O/c1-6-19-15-11-16(21-14(4)20-15)24-7-9-25(10-8-24)18(26)17-12(2)22-23(5)13(17)3/h11H,6-10H2,1-5H3,(H,19,20,21). The number of anilines is 2. The molecule has 0 atom stereocenters. The molecule has 3 heterocycles. The fraction of sp³-hybridized carbons (Fsp3) is 0.556. The third-order valence-corrected chi connectivity index (χ3v) is 4.80. The van der Waals surface area contributed by atoms with E-state index in [1.807, 2.05) is 45.7 Å². The van der Waals surface area contributed by atoms with Gasteiger partial charge >= 0.3 is 0 Å². The van der Waals surface area contributed by atoms with E-state index < -0.39 is 0 Å². The van der Waals surface area contributed by atoms with E-state index in [0.29, 0.717) is 13.1 Å². The third-order valence-electron chi connectivity index (χ3n) is 4.80. The van der Waals surface area contributed by atoms with Gasteiger partial charge in [0.05, 0.1) is 11.3 Å². The summed E-state index contributed by atoms with van der Waals surface area (Å²) in [5, 5.41) is 7.60. The number of nitrogens with zero attached hydrogens (tertiary/aromatic N) is 6. The molecule has 0 radical (unpaired) electrons. The van der Waals surface area contributed by atoms with Crippen LogP contribution in [0.3, 0.4) is 0 Å². The summed E-state index contributed by atoms with van der Waals surface area (Å²) < 4.78 is 1.77. The van der Waals surface area contributed by atoms with E-state index in [0.717, 1.165) is 54.0 Å². The van der Waals surface area contributed by atoms with Crippen LogP contribution in [0, 0.1) is 20.8 Å². The van der Waals surface area contributed by atoms with Gasteiger partial charge in [0.25, 0.3) is 5.91 Å². The molecule has 1 amide bonds. The van der Waals surface area contributed by atoms with Crippen LogP contribution in [0.15, 0.2) is 6.07 Å². The number of aromatic nitrogens is 4. The summed E-state index contributed by atoms with van der Waals surface area (Å²) in [4.78, 5) is 26.0. The summed E-state index contributed by atoms with van der Waals surface area (Å²) in [6.07, 6.45) is 0. The number of aryl methyl sites for hydroxylation is 3. The Bertz CT molecular complexity index is 806. The van der Waals surface area contributed by atoms with E-state index in [-0.39, 0.29) is 5.91 Å². The maximum atomic E-state index is 12.9. The maximum Gasteiger partial charge on any atom is 0.257 e. The van der Waals surface area contributed by atoms with Crippen molar-refractivity contribution in [1.82, 2.24) is 24.6 Å². The van der Waals surface area contributed by atoms with E-state index >= 15 is 0 Å². The molecular weight excluding hydrogens is 330 g/mol. The molecule has 8 nitrogen and oxygen atoms in total. The Kier molecular flexibility index (Phi) is 5.11. The Morgan fingerprint density at radius 2 is 1.85 bits per heavy atom. The van der Waals surface area contributed by atoms with Gasteiger partial charge in [-0.1, -0.05) is 0 Å². The summed E-state index contributed by atoms with van der Waals surface area (Å²) >= 11 is 0. The lowest BCUT2D eigenvalue weighted by molar-refractivity contribution is 0.0745. The Morgan fingerprint density at radius 1 is 1.15 bits per heavy atom. The zero-order chi connectivity index (χ0) is 18.8. The number of hydrogen-bond acceptors (Lipinski definition) is 6. The minimum atomic E-state index is 0.0694. The van der Waals surface area contributed by atoms with Crippen LogP contribution >= 0.6 is 0 Å². The molecule has 0 aromatic carbocycles. The number of rotatable bonds is 4. The highest BCUT2D eigenvalue weighted by Crippen LogP contribution is 2.20. The smallest absolute Gasteiger partial charge is 0.257 e. The summed E-state index contributed by atoms with van der Waals surface area (Å²) in [7, 11) is 1.87. The summed E-state index contributed by atoms with van der Waals surface area (Å²) in [6, 6.07) is 1.98. The normalized spacial score (nSPS) is 14.7. The highest BCUT2D eigenvalue weighted by molar-refractivity contribution is 5.96. The number of amides is 1. The SMILES string of the molecule is CCNc1cc(N2CCN(C(=O)c3c(C)nn(C)c3C)CC2)nc(C)n1. The average Bonchev–Trinajstić information content (AvgIpc) is 2.86. The largest absolute Gasteiger partial charge is 0.370 e. The Balaban J connectivity index is 1.70. The predicted octanol–water partition coefficient (Wildman–Crippen LogP) is 1.53. The Morgan fingerprint density at radius 3 is 2.42 bits per heavy atom. The first-order valence-corrected chi connectivity index (χ1v) is 9.04. The van der Waals surface area contributed by atoms with Gasteiger partial charge in [0, 0.05) is 51.5 Å². The molecule has 0 aliphatic carbocycles. The second kappa shape index (κ2) is 7.31. The maximum absolute atomic E-state index is 12.9. The second-order valence-electron chi connectivity index (χ2n) is 6.64. The highest BCUT2D eigenvalue weighted by atomic mass is 16.2. The molecule has 0 saturated carbocycles. The summed E-state index contributed by atoms with van der Waals surface area (Å²) in [6.45, 7) is 11.5. The molecule has 140 valence electrons. The molecule has 1 aliphatic heterocycles. The van der Waals surface area contributed by atoms with E-state index in [2.05, 4.69) is 25.3 Å². The Labute approximate surface area is 154 Å². The predicted molar refractivity (Wildman–Crippen MR) is 102 cm³/mol. The van der Waals surface area contributed by atoms with Crippen LogP contribution < -0.4 is 10.2 Å². The van der Waals surface area contributed by atoms with Crippen LogP contribution in [0.25, 0.3) is 0 Å². The monoisotopic (exact) mass is 357 g/mol. The molecule has 1 saturated heterocycles. The molecule has 3 rings (SSSR count). The number of nitrogens with one attached hydrogen (secondary N) is 1. The van der Waals surface area contributed by atoms with E-state index in [1.165, 1.54) is 0 Å². The van der Waals surface area contributed by atoms with Crippen molar-refractivity contribution in [2.75, 3.05) is 42.9 Å². The van der Waals surface area contributed by atoms with Crippen molar-refractivity contribution in [3.63, 3.8) is 0 Å². The fourth-order valence-electron chi connectivity index (χ4n) is 3.37. The van der Waals surface area contributed by atoms with Crippen molar-refractivity contribution in [2.24, 2.45) is 7.05 Å². The van der Waals surface area contributed by atoms with Crippen molar-refractivity contribution >= 4 is 17.5 Å². The third kappa shape index (κ3) is 3.49. The molecule has 1 fully saturated rings. The highest BCUT2D eigenvalue weighted by Gasteiger charge is 2.27. The zero-order valence-corrected chi connectivity index (χ0v) is 16.2. The number of piperazine rings is 1. The van der Waals surface area contributed by atoms with Crippen LogP contribution in [-0.4, -0.2) is 63.3 Å². The first-order valence-electron chi connectivity index (χ1n) is 9.04. The van der Waals surface area contributed by atoms with Crippen LogP contribution in [0.2, 0.25) is 0 Å². The van der Waals surface area contributed by atoms with Gasteiger partial charge in [-0.05, 0) is 27.7 Å². The number of carbonyl (C=O) groups excluding carboxylic acids is 1. The van der Waals surface area contributed by atoms with E-state index in [1.54, 1.807) is 4.68 Å². The van der Waals surface area contributed by atoms with Gasteiger partial charge in [-0.3, -0.25) is 9.48 Å². The van der Waals surface area contributed by atoms with E-state index in [4.69, 9.17) is 0 Å². The van der Waals surface area contributed by atoms with Gasteiger partial charge in [0.2, 0.25) is 0 Å². The lowest BCUT2D eigenvalue weighted by Gasteiger charge is -2.35. The minimum Gasteiger partial charge on any atom is -0.370 e. The fourth-order valence-corrected chi connectivity index (χ4v) is 3.37. The van der Waals surface area contributed by atoms with Crippen LogP contribution in [0.5, 0.6) is 0 Å². The first-order chi connectivity index (χ1) is 12.4. The summed E-state index contributed by atoms with van der Waals surface area (Å²) in [5.74, 6) is 2.57. The lowest BCUT2D eigenvalue weighted by Crippen LogP contribution is -2.49. The Hall–Kier alpha value is -2.64. The van der Waals surface area contributed by atoms with Gasteiger partial charge in [-0.25, -0.2) is 9.97 Å². The topological polar surface area (TPSA) is 79.2 Å². The van der Waals surface area contributed by atoms with Gasteiger partial charge < -0.3 is 15.1 Å². The van der Waals surface area contributed by atoms with Gasteiger partial charge in [-0.15, -0.1) is 0 Å². The molecule has 1 aliphatic rings. The molecule has 0 bridgehead atoms. The molecule has 2 aromatic heterocycles. The quantitative estimate of drug-likeness (QED) is 0.894. The molecule has 8 heteroatoms. The molecule has 26 heavy (non-hydrogen) atoms. The van der Waals surface area contributed by atoms with Crippen molar-refractivity contribution in [1.29, 1.82) is 0 Å². The molecular formula is C18H27N7O. The number of hydrogen-bond donors (Lipinski definition) is 1. The van der Waals surface area contributed by atoms with Crippen LogP contribution in [-0.2, 0) is 7.05 Å². The molecule has 1 N–H and O–H groups in total. The zero-order valence-electron chi connectivity index (χ0n) is 16.2. The van der Waals surface area contributed by atoms with E-state index in [9.17, 15) is 4.79 Å². The van der Waals surface area contributed by atoms with Crippen LogP contribution in [0.4, 0.5) is 11.6 Å². The van der Waals surface area contributed by atoms with Crippen molar-refractivity contribution < 1.29 is 4.79 Å². The minimum absolute atomic E-state index is 0.0694. The van der Waals surface area contributed by atoms with Crippen molar-refractivity contribution in [3.8, 4) is 0 Å². The molecule has 0 unspecified atom stereocenters. The molecule has 2 aromatic rings. The second-order valence-corrected chi connectivity index (χ2v) is 6.64. The van der Waals surface area contributed by atoms with Crippen molar-refractivity contribution in [2.45, 2.75) is 27.7 Å². The lowest BCUT2D eigenvalue weighted by atomic mass is 10.1. The number of carbonyl (C=O) groups is 1. The average molecular weight is 357 g/mol. The van der Waals surface area contributed by atoms with Gasteiger partial charge in [0.1, 0.15) is 17.5 Å². The first kappa shape index (κ1) is 18.2. The van der Waals surface area contributed by atoms with Crippen LogP contribution in [0.1, 0.15) is 34.5 Å². The van der Waals surface area contributed by atoms with Gasteiger partial charge in [0.15, 0.2) is 0 Å². The van der Waals surface area contributed by atoms with Crippen molar-refractivity contribution in [3.05, 3.63) is 28.8 Å². The molecule has 0 spiro atoms.